The molecule has 0 saturated carbocycles. The minimum Gasteiger partial charge on any atom is -0.497 e. The molecule has 1 atom stereocenters. The van der Waals surface area contributed by atoms with Gasteiger partial charge in [-0.2, -0.15) is 0 Å². The van der Waals surface area contributed by atoms with Crippen LogP contribution in [0.5, 0.6) is 17.2 Å². The summed E-state index contributed by atoms with van der Waals surface area (Å²) in [6.07, 6.45) is 0.221. The van der Waals surface area contributed by atoms with Crippen molar-refractivity contribution in [1.29, 1.82) is 0 Å². The summed E-state index contributed by atoms with van der Waals surface area (Å²) in [5, 5.41) is 3.02. The number of likely N-dealkylation sites (N-methyl/N-ethyl adjacent to an activating group) is 1. The van der Waals surface area contributed by atoms with E-state index in [2.05, 4.69) is 10.2 Å². The van der Waals surface area contributed by atoms with Crippen molar-refractivity contribution in [3.8, 4) is 17.2 Å². The Hall–Kier alpha value is -2.73. The molecule has 0 radical (unpaired) electrons. The molecule has 0 saturated heterocycles. The van der Waals surface area contributed by atoms with Crippen molar-refractivity contribution >= 4 is 5.91 Å². The van der Waals surface area contributed by atoms with Gasteiger partial charge in [-0.15, -0.1) is 0 Å². The Morgan fingerprint density at radius 2 is 1.70 bits per heavy atom. The van der Waals surface area contributed by atoms with Gasteiger partial charge in [-0.25, -0.2) is 0 Å². The second kappa shape index (κ2) is 9.83. The van der Waals surface area contributed by atoms with Crippen LogP contribution in [0.25, 0.3) is 0 Å². The van der Waals surface area contributed by atoms with Gasteiger partial charge in [0, 0.05) is 12.1 Å². The van der Waals surface area contributed by atoms with E-state index in [9.17, 15) is 4.79 Å². The summed E-state index contributed by atoms with van der Waals surface area (Å²) in [5.41, 5.74) is 1.87. The first-order valence-electron chi connectivity index (χ1n) is 8.76. The van der Waals surface area contributed by atoms with Crippen LogP contribution in [0.1, 0.15) is 17.2 Å². The molecule has 0 aliphatic carbocycles. The zero-order valence-corrected chi connectivity index (χ0v) is 16.6. The van der Waals surface area contributed by atoms with Crippen LogP contribution in [-0.4, -0.2) is 52.8 Å². The highest BCUT2D eigenvalue weighted by Crippen LogP contribution is 2.25. The maximum atomic E-state index is 12.5. The summed E-state index contributed by atoms with van der Waals surface area (Å²) in [5.74, 6) is 2.09. The van der Waals surface area contributed by atoms with Crippen LogP contribution in [0.3, 0.4) is 0 Å². The van der Waals surface area contributed by atoms with Crippen molar-refractivity contribution in [3.05, 3.63) is 53.6 Å². The van der Waals surface area contributed by atoms with Gasteiger partial charge in [0.1, 0.15) is 17.2 Å². The fourth-order valence-corrected chi connectivity index (χ4v) is 2.91. The maximum Gasteiger partial charge on any atom is 0.224 e. The van der Waals surface area contributed by atoms with Gasteiger partial charge >= 0.3 is 0 Å². The topological polar surface area (TPSA) is 60.0 Å². The molecule has 0 bridgehead atoms. The first-order chi connectivity index (χ1) is 13.0. The number of hydrogen-bond donors (Lipinski definition) is 1. The predicted molar refractivity (Wildman–Crippen MR) is 106 cm³/mol. The van der Waals surface area contributed by atoms with Gasteiger partial charge in [0.25, 0.3) is 0 Å². The molecular formula is C21H28N2O4. The first kappa shape index (κ1) is 20.6. The second-order valence-corrected chi connectivity index (χ2v) is 6.41. The zero-order chi connectivity index (χ0) is 19.8. The van der Waals surface area contributed by atoms with Crippen molar-refractivity contribution in [2.75, 3.05) is 42.0 Å². The predicted octanol–water partition coefficient (Wildman–Crippen LogP) is 2.67. The normalized spacial score (nSPS) is 11.8. The van der Waals surface area contributed by atoms with Gasteiger partial charge in [0.05, 0.1) is 33.8 Å². The molecule has 6 nitrogen and oxygen atoms in total. The number of amides is 1. The molecule has 1 N–H and O–H groups in total. The van der Waals surface area contributed by atoms with Crippen molar-refractivity contribution in [2.24, 2.45) is 0 Å². The van der Waals surface area contributed by atoms with E-state index in [1.807, 2.05) is 50.5 Å². The lowest BCUT2D eigenvalue weighted by Crippen LogP contribution is -2.35. The molecule has 0 aliphatic heterocycles. The zero-order valence-electron chi connectivity index (χ0n) is 16.6. The molecule has 27 heavy (non-hydrogen) atoms. The largest absolute Gasteiger partial charge is 0.497 e. The summed E-state index contributed by atoms with van der Waals surface area (Å²) in [6.45, 7) is 0.491. The Labute approximate surface area is 161 Å². The van der Waals surface area contributed by atoms with E-state index in [-0.39, 0.29) is 18.4 Å². The van der Waals surface area contributed by atoms with Crippen LogP contribution in [0.4, 0.5) is 0 Å². The van der Waals surface area contributed by atoms with E-state index in [0.29, 0.717) is 18.0 Å². The van der Waals surface area contributed by atoms with Crippen LogP contribution in [0.2, 0.25) is 0 Å². The molecule has 0 aromatic heterocycles. The number of benzene rings is 2. The second-order valence-electron chi connectivity index (χ2n) is 6.41. The number of carbonyl (C=O) groups is 1. The highest BCUT2D eigenvalue weighted by Gasteiger charge is 2.17. The maximum absolute atomic E-state index is 12.5. The number of rotatable bonds is 9. The monoisotopic (exact) mass is 372 g/mol. The molecular weight excluding hydrogens is 344 g/mol. The minimum absolute atomic E-state index is 0.0382. The summed E-state index contributed by atoms with van der Waals surface area (Å²) in [4.78, 5) is 14.6. The molecule has 1 unspecified atom stereocenters. The number of nitrogens with one attached hydrogen (secondary N) is 1. The third kappa shape index (κ3) is 5.62. The standard InChI is InChI=1S/C21H28N2O4/c1-23(2)19(15-7-6-8-17(11-15)25-3)14-22-21(24)13-16-12-18(26-4)9-10-20(16)27-5/h6-12,19H,13-14H2,1-5H3,(H,22,24). The summed E-state index contributed by atoms with van der Waals surface area (Å²) < 4.78 is 15.9. The Balaban J connectivity index is 2.06. The molecule has 0 fully saturated rings. The highest BCUT2D eigenvalue weighted by molar-refractivity contribution is 5.79. The van der Waals surface area contributed by atoms with E-state index in [1.165, 1.54) is 0 Å². The molecule has 2 aromatic rings. The molecule has 2 rings (SSSR count). The van der Waals surface area contributed by atoms with Gasteiger partial charge in [0.15, 0.2) is 0 Å². The summed E-state index contributed by atoms with van der Waals surface area (Å²) in [6, 6.07) is 13.4. The number of ether oxygens (including phenoxy) is 3. The van der Waals surface area contributed by atoms with E-state index in [4.69, 9.17) is 14.2 Å². The quantitative estimate of drug-likeness (QED) is 0.733. The number of hydrogen-bond acceptors (Lipinski definition) is 5. The molecule has 0 aliphatic rings. The smallest absolute Gasteiger partial charge is 0.224 e. The fourth-order valence-electron chi connectivity index (χ4n) is 2.91. The first-order valence-corrected chi connectivity index (χ1v) is 8.76. The average molecular weight is 372 g/mol. The lowest BCUT2D eigenvalue weighted by Gasteiger charge is -2.25. The number of nitrogens with zero attached hydrogens (tertiary/aromatic N) is 1. The van der Waals surface area contributed by atoms with Crippen LogP contribution in [-0.2, 0) is 11.2 Å². The van der Waals surface area contributed by atoms with Crippen molar-refractivity contribution in [2.45, 2.75) is 12.5 Å². The molecule has 146 valence electrons. The summed E-state index contributed by atoms with van der Waals surface area (Å²) in [7, 11) is 8.81. The molecule has 1 amide bonds. The van der Waals surface area contributed by atoms with Gasteiger partial charge in [-0.1, -0.05) is 12.1 Å². The lowest BCUT2D eigenvalue weighted by atomic mass is 10.1. The third-order valence-corrected chi connectivity index (χ3v) is 4.43. The van der Waals surface area contributed by atoms with E-state index in [1.54, 1.807) is 27.4 Å². The van der Waals surface area contributed by atoms with Gasteiger partial charge in [0.2, 0.25) is 5.91 Å². The number of methoxy groups -OCH3 is 3. The van der Waals surface area contributed by atoms with Crippen LogP contribution >= 0.6 is 0 Å². The molecule has 0 spiro atoms. The molecule has 2 aromatic carbocycles. The van der Waals surface area contributed by atoms with Gasteiger partial charge < -0.3 is 24.4 Å². The lowest BCUT2D eigenvalue weighted by molar-refractivity contribution is -0.120. The van der Waals surface area contributed by atoms with E-state index < -0.39 is 0 Å². The van der Waals surface area contributed by atoms with Crippen molar-refractivity contribution in [1.82, 2.24) is 10.2 Å². The minimum atomic E-state index is -0.0729. The SMILES string of the molecule is COc1cccc(C(CNC(=O)Cc2cc(OC)ccc2OC)N(C)C)c1. The number of carbonyl (C=O) groups excluding carboxylic acids is 1. The van der Waals surface area contributed by atoms with E-state index in [0.717, 1.165) is 16.9 Å². The van der Waals surface area contributed by atoms with Gasteiger partial charge in [-0.05, 0) is 50.0 Å². The molecule has 6 heteroatoms. The Kier molecular flexibility index (Phi) is 7.49. The average Bonchev–Trinajstić information content (AvgIpc) is 2.68. The fraction of sp³-hybridized carbons (Fsp3) is 0.381. The third-order valence-electron chi connectivity index (χ3n) is 4.43. The Morgan fingerprint density at radius 1 is 1.00 bits per heavy atom. The Bertz CT molecular complexity index is 762. The van der Waals surface area contributed by atoms with E-state index >= 15 is 0 Å². The highest BCUT2D eigenvalue weighted by atomic mass is 16.5. The molecule has 0 heterocycles. The van der Waals surface area contributed by atoms with Crippen molar-refractivity contribution < 1.29 is 19.0 Å². The van der Waals surface area contributed by atoms with Crippen molar-refractivity contribution in [3.63, 3.8) is 0 Å². The summed E-state index contributed by atoms with van der Waals surface area (Å²) >= 11 is 0. The van der Waals surface area contributed by atoms with Crippen LogP contribution in [0.15, 0.2) is 42.5 Å². The van der Waals surface area contributed by atoms with Gasteiger partial charge in [-0.3, -0.25) is 4.79 Å². The van der Waals surface area contributed by atoms with Crippen LogP contribution < -0.4 is 19.5 Å². The van der Waals surface area contributed by atoms with Crippen LogP contribution in [0, 0.1) is 0 Å². The Morgan fingerprint density at radius 3 is 2.33 bits per heavy atom.